The fraction of sp³-hybridized carbons (Fsp3) is 0.667. The van der Waals surface area contributed by atoms with Crippen LogP contribution < -0.4 is 0 Å². The maximum absolute atomic E-state index is 9.68. The monoisotopic (exact) mass is 141 g/mol. The molecule has 0 aliphatic carbocycles. The summed E-state index contributed by atoms with van der Waals surface area (Å²) in [5.74, 6) is 0. The van der Waals surface area contributed by atoms with Crippen molar-refractivity contribution >= 4 is 0 Å². The third-order valence-electron chi connectivity index (χ3n) is 1.98. The minimum Gasteiger partial charge on any atom is -0.390 e. The van der Waals surface area contributed by atoms with Crippen LogP contribution in [-0.4, -0.2) is 10.7 Å². The van der Waals surface area contributed by atoms with Gasteiger partial charge in [-0.25, -0.2) is 0 Å². The molecule has 0 aromatic rings. The molecule has 1 radical (unpaired) electrons. The van der Waals surface area contributed by atoms with Crippen molar-refractivity contribution in [1.82, 2.24) is 0 Å². The maximum Gasteiger partial charge on any atom is 0.0676 e. The lowest BCUT2D eigenvalue weighted by Crippen LogP contribution is -2.25. The number of rotatable bonds is 4. The summed E-state index contributed by atoms with van der Waals surface area (Å²) in [6, 6.07) is 0. The van der Waals surface area contributed by atoms with Crippen LogP contribution in [0.3, 0.4) is 0 Å². The predicted octanol–water partition coefficient (Wildman–Crippen LogP) is 2.32. The van der Waals surface area contributed by atoms with Crippen LogP contribution in [0.1, 0.15) is 33.1 Å². The zero-order valence-corrected chi connectivity index (χ0v) is 6.93. The Morgan fingerprint density at radius 3 is 2.20 bits per heavy atom. The van der Waals surface area contributed by atoms with Gasteiger partial charge in [0.05, 0.1) is 5.60 Å². The number of allylic oxidation sites excluding steroid dienone is 1. The molecule has 1 heteroatoms. The smallest absolute Gasteiger partial charge is 0.0676 e. The van der Waals surface area contributed by atoms with Crippen LogP contribution >= 0.6 is 0 Å². The van der Waals surface area contributed by atoms with E-state index < -0.39 is 5.60 Å². The predicted molar refractivity (Wildman–Crippen MR) is 44.6 cm³/mol. The van der Waals surface area contributed by atoms with E-state index in [-0.39, 0.29) is 0 Å². The zero-order chi connectivity index (χ0) is 8.04. The molecular weight excluding hydrogens is 124 g/mol. The van der Waals surface area contributed by atoms with Crippen molar-refractivity contribution in [2.24, 2.45) is 0 Å². The molecule has 0 saturated heterocycles. The van der Waals surface area contributed by atoms with Crippen LogP contribution in [0.2, 0.25) is 0 Å². The Kier molecular flexibility index (Phi) is 4.37. The molecule has 1 nitrogen and oxygen atoms in total. The van der Waals surface area contributed by atoms with Gasteiger partial charge in [0.2, 0.25) is 0 Å². The summed E-state index contributed by atoms with van der Waals surface area (Å²) in [5, 5.41) is 9.68. The SMILES string of the molecule is [CH2]C=CCC(O)(CC)CC. The van der Waals surface area contributed by atoms with Crippen molar-refractivity contribution in [3.05, 3.63) is 19.1 Å². The third-order valence-corrected chi connectivity index (χ3v) is 1.98. The van der Waals surface area contributed by atoms with Gasteiger partial charge in [0, 0.05) is 0 Å². The average molecular weight is 141 g/mol. The Bertz CT molecular complexity index is 101. The van der Waals surface area contributed by atoms with Crippen LogP contribution in [0.5, 0.6) is 0 Å². The Labute approximate surface area is 63.8 Å². The first-order valence-corrected chi connectivity index (χ1v) is 3.85. The maximum atomic E-state index is 9.68. The van der Waals surface area contributed by atoms with E-state index >= 15 is 0 Å². The summed E-state index contributed by atoms with van der Waals surface area (Å²) in [7, 11) is 0. The fourth-order valence-corrected chi connectivity index (χ4v) is 0.841. The third kappa shape index (κ3) is 3.02. The first-order valence-electron chi connectivity index (χ1n) is 3.85. The topological polar surface area (TPSA) is 20.2 Å². The van der Waals surface area contributed by atoms with Crippen molar-refractivity contribution in [2.75, 3.05) is 0 Å². The van der Waals surface area contributed by atoms with Gasteiger partial charge >= 0.3 is 0 Å². The number of hydrogen-bond donors (Lipinski definition) is 1. The molecule has 1 N–H and O–H groups in total. The molecule has 0 rings (SSSR count). The summed E-state index contributed by atoms with van der Waals surface area (Å²) in [6.07, 6.45) is 5.99. The van der Waals surface area contributed by atoms with Crippen LogP contribution in [0.25, 0.3) is 0 Å². The molecule has 10 heavy (non-hydrogen) atoms. The van der Waals surface area contributed by atoms with Crippen molar-refractivity contribution in [3.63, 3.8) is 0 Å². The van der Waals surface area contributed by atoms with Crippen molar-refractivity contribution < 1.29 is 5.11 Å². The van der Waals surface area contributed by atoms with Crippen LogP contribution in [0.15, 0.2) is 12.2 Å². The van der Waals surface area contributed by atoms with Crippen LogP contribution in [-0.2, 0) is 0 Å². The molecule has 0 saturated carbocycles. The first kappa shape index (κ1) is 9.70. The highest BCUT2D eigenvalue weighted by atomic mass is 16.3. The molecule has 0 aliphatic rings. The molecule has 0 bridgehead atoms. The zero-order valence-electron chi connectivity index (χ0n) is 6.93. The van der Waals surface area contributed by atoms with Gasteiger partial charge in [-0.3, -0.25) is 0 Å². The molecule has 0 amide bonds. The molecule has 0 atom stereocenters. The van der Waals surface area contributed by atoms with Crippen molar-refractivity contribution in [1.29, 1.82) is 0 Å². The van der Waals surface area contributed by atoms with Crippen molar-refractivity contribution in [3.8, 4) is 0 Å². The van der Waals surface area contributed by atoms with E-state index in [9.17, 15) is 5.11 Å². The molecule has 0 aliphatic heterocycles. The highest BCUT2D eigenvalue weighted by Gasteiger charge is 2.19. The number of hydrogen-bond acceptors (Lipinski definition) is 1. The van der Waals surface area contributed by atoms with Gasteiger partial charge in [0.1, 0.15) is 0 Å². The highest BCUT2D eigenvalue weighted by Crippen LogP contribution is 2.19. The Hall–Kier alpha value is -0.300. The lowest BCUT2D eigenvalue weighted by Gasteiger charge is -2.22. The van der Waals surface area contributed by atoms with Gasteiger partial charge in [-0.15, -0.1) is 0 Å². The summed E-state index contributed by atoms with van der Waals surface area (Å²) in [4.78, 5) is 0. The van der Waals surface area contributed by atoms with E-state index in [0.29, 0.717) is 0 Å². The first-order chi connectivity index (χ1) is 4.68. The molecule has 0 aromatic carbocycles. The molecule has 0 aromatic heterocycles. The molecule has 0 heterocycles. The summed E-state index contributed by atoms with van der Waals surface area (Å²) in [6.45, 7) is 7.57. The fourth-order valence-electron chi connectivity index (χ4n) is 0.841. The van der Waals surface area contributed by atoms with Crippen LogP contribution in [0.4, 0.5) is 0 Å². The highest BCUT2D eigenvalue weighted by molar-refractivity contribution is 4.91. The van der Waals surface area contributed by atoms with E-state index in [2.05, 4.69) is 6.92 Å². The summed E-state index contributed by atoms with van der Waals surface area (Å²) < 4.78 is 0. The molecule has 59 valence electrons. The van der Waals surface area contributed by atoms with Gasteiger partial charge in [-0.05, 0) is 26.2 Å². The second-order valence-corrected chi connectivity index (χ2v) is 2.61. The second-order valence-electron chi connectivity index (χ2n) is 2.61. The van der Waals surface area contributed by atoms with E-state index in [4.69, 9.17) is 0 Å². The van der Waals surface area contributed by atoms with Gasteiger partial charge in [0.25, 0.3) is 0 Å². The second kappa shape index (κ2) is 4.51. The minimum atomic E-state index is -0.492. The molecule has 0 spiro atoms. The molecule has 0 unspecified atom stereocenters. The Morgan fingerprint density at radius 2 is 1.90 bits per heavy atom. The number of aliphatic hydroxyl groups is 1. The van der Waals surface area contributed by atoms with E-state index in [1.54, 1.807) is 6.08 Å². The lowest BCUT2D eigenvalue weighted by atomic mass is 9.93. The summed E-state index contributed by atoms with van der Waals surface area (Å²) >= 11 is 0. The van der Waals surface area contributed by atoms with Gasteiger partial charge < -0.3 is 5.11 Å². The standard InChI is InChI=1S/C9H17O/c1-4-7-8-9(10,5-2)6-3/h4,7,10H,1,5-6,8H2,2-3H3. The van der Waals surface area contributed by atoms with Gasteiger partial charge in [-0.2, -0.15) is 0 Å². The van der Waals surface area contributed by atoms with E-state index in [1.807, 2.05) is 19.9 Å². The Balaban J connectivity index is 3.80. The van der Waals surface area contributed by atoms with Gasteiger partial charge in [0.15, 0.2) is 0 Å². The molecule has 0 fully saturated rings. The van der Waals surface area contributed by atoms with E-state index in [0.717, 1.165) is 19.3 Å². The largest absolute Gasteiger partial charge is 0.390 e. The van der Waals surface area contributed by atoms with E-state index in [1.165, 1.54) is 0 Å². The summed E-state index contributed by atoms with van der Waals surface area (Å²) in [5.41, 5.74) is -0.492. The lowest BCUT2D eigenvalue weighted by molar-refractivity contribution is 0.0353. The van der Waals surface area contributed by atoms with Crippen LogP contribution in [0, 0.1) is 6.92 Å². The quantitative estimate of drug-likeness (QED) is 0.637. The normalized spacial score (nSPS) is 12.8. The molecular formula is C9H17O. The average Bonchev–Trinajstić information content (AvgIpc) is 2.00. The Morgan fingerprint density at radius 1 is 1.40 bits per heavy atom. The van der Waals surface area contributed by atoms with Crippen molar-refractivity contribution in [2.45, 2.75) is 38.7 Å². The minimum absolute atomic E-state index is 0.492. The van der Waals surface area contributed by atoms with Gasteiger partial charge in [-0.1, -0.05) is 26.0 Å².